The van der Waals surface area contributed by atoms with Crippen LogP contribution in [0, 0.1) is 0 Å². The highest BCUT2D eigenvalue weighted by Crippen LogP contribution is 2.21. The van der Waals surface area contributed by atoms with Gasteiger partial charge >= 0.3 is 0 Å². The Morgan fingerprint density at radius 2 is 0.765 bits per heavy atom. The first-order valence-corrected chi connectivity index (χ1v) is 21.8. The summed E-state index contributed by atoms with van der Waals surface area (Å²) in [7, 11) is 0. The molecule has 0 saturated heterocycles. The maximum Gasteiger partial charge on any atom is 0.261 e. The highest BCUT2D eigenvalue weighted by molar-refractivity contribution is 5.96. The summed E-state index contributed by atoms with van der Waals surface area (Å²) < 4.78 is 0. The molecule has 0 bridgehead atoms. The molecule has 4 rings (SSSR count). The van der Waals surface area contributed by atoms with E-state index in [-0.39, 0.29) is 24.3 Å². The second-order valence-corrected chi connectivity index (χ2v) is 16.3. The van der Waals surface area contributed by atoms with Crippen molar-refractivity contribution in [2.24, 2.45) is 11.5 Å². The quantitative estimate of drug-likeness (QED) is 0.0444. The zero-order chi connectivity index (χ0) is 49.9. The molecule has 362 valence electrons. The number of rotatable bonds is 22. The van der Waals surface area contributed by atoms with Crippen LogP contribution in [0.3, 0.4) is 0 Å². The van der Waals surface area contributed by atoms with Crippen LogP contribution in [-0.2, 0) is 51.2 Å². The summed E-state index contributed by atoms with van der Waals surface area (Å²) in [5.74, 6) is -7.13. The number of carbonyl (C=O) groups excluding carboxylic acids is 8. The van der Waals surface area contributed by atoms with Crippen molar-refractivity contribution < 1.29 is 48.6 Å². The molecule has 0 aliphatic heterocycles. The van der Waals surface area contributed by atoms with Crippen LogP contribution < -0.4 is 54.2 Å². The van der Waals surface area contributed by atoms with Crippen LogP contribution in [0.1, 0.15) is 61.8 Å². The smallest absolute Gasteiger partial charge is 0.261 e. The highest BCUT2D eigenvalue weighted by Gasteiger charge is 2.32. The average Bonchev–Trinajstić information content (AvgIpc) is 3.33. The van der Waals surface area contributed by atoms with Crippen LogP contribution in [0.4, 0.5) is 0 Å². The van der Waals surface area contributed by atoms with E-state index >= 15 is 0 Å². The van der Waals surface area contributed by atoms with Gasteiger partial charge < -0.3 is 53.6 Å². The molecule has 4 aromatic rings. The fourth-order valence-corrected chi connectivity index (χ4v) is 6.83. The van der Waals surface area contributed by atoms with Gasteiger partial charge in [0.05, 0.1) is 25.2 Å². The number of nitrogens with two attached hydrogens (primary N) is 2. The molecule has 0 heterocycles. The lowest BCUT2D eigenvalue weighted by Crippen LogP contribution is -2.59. The molecule has 4 aromatic carbocycles. The summed E-state index contributed by atoms with van der Waals surface area (Å²) in [5.41, 5.74) is 19.4. The van der Waals surface area contributed by atoms with Gasteiger partial charge in [0.2, 0.25) is 35.4 Å². The highest BCUT2D eigenvalue weighted by atomic mass is 16.3. The molecule has 0 aliphatic rings. The Bertz CT molecular complexity index is 2190. The lowest BCUT2D eigenvalue weighted by Gasteiger charge is -2.27. The molecule has 0 radical (unpaired) electrons. The number of phenolic OH excluding ortho intramolecular Hbond substituents is 2. The summed E-state index contributed by atoms with van der Waals surface area (Å²) >= 11 is 0. The molecule has 0 unspecified atom stereocenters. The molecule has 0 saturated carbocycles. The van der Waals surface area contributed by atoms with Crippen molar-refractivity contribution in [2.75, 3.05) is 13.1 Å². The van der Waals surface area contributed by atoms with Crippen LogP contribution >= 0.6 is 0 Å². The van der Waals surface area contributed by atoms with Crippen LogP contribution in [0.15, 0.2) is 109 Å². The predicted octanol–water partition coefficient (Wildman–Crippen LogP) is -0.496. The Hall–Kier alpha value is -7.84. The molecule has 68 heavy (non-hydrogen) atoms. The molecular formula is C48H60N10O10. The number of nitrogens with one attached hydrogen (secondary N) is 8. The lowest BCUT2D eigenvalue weighted by atomic mass is 9.92. The molecular weight excluding hydrogens is 877 g/mol. The van der Waals surface area contributed by atoms with Gasteiger partial charge in [-0.1, -0.05) is 98.8 Å². The number of aromatic hydroxyl groups is 2. The summed E-state index contributed by atoms with van der Waals surface area (Å²) in [5, 5.41) is 34.1. The summed E-state index contributed by atoms with van der Waals surface area (Å²) in [6.45, 7) is 4.98. The maximum atomic E-state index is 13.8. The van der Waals surface area contributed by atoms with Crippen molar-refractivity contribution in [1.29, 1.82) is 0 Å². The fraction of sp³-hybridized carbons (Fsp3) is 0.333. The van der Waals surface area contributed by atoms with Gasteiger partial charge in [0.15, 0.2) is 0 Å². The standard InChI is InChI=1S/C48H60N10O10/c1-27(33-11-7-5-8-12-33)41(55-39(61)25-51-43(63)29(3)53-45(65)37(49)23-31-15-19-35(59)20-16-31)47(67)57-58-48(68)42(28(2)34-13-9-6-10-14-34)56-40(62)26-52-44(64)30(4)54-46(66)38(50)24-32-17-21-36(60)22-18-32/h5-22,27-30,37-38,41-42,59-60H,23-26,49-50H2,1-4H3,(H,51,63)(H,52,64)(H,53,65)(H,54,66)(H,55,61)(H,56,62)(H,57,67)(H,58,68)/t27-,28-,29+,30+,37-,38-,41-,42-/m0/s1. The van der Waals surface area contributed by atoms with Crippen molar-refractivity contribution in [1.82, 2.24) is 42.8 Å². The van der Waals surface area contributed by atoms with Gasteiger partial charge in [0.1, 0.15) is 35.7 Å². The van der Waals surface area contributed by atoms with Crippen molar-refractivity contribution >= 4 is 47.3 Å². The van der Waals surface area contributed by atoms with Gasteiger partial charge in [-0.25, -0.2) is 0 Å². The molecule has 0 fully saturated rings. The van der Waals surface area contributed by atoms with E-state index in [1.807, 2.05) is 0 Å². The Balaban J connectivity index is 1.35. The monoisotopic (exact) mass is 936 g/mol. The number of hydrazine groups is 1. The van der Waals surface area contributed by atoms with Crippen molar-refractivity contribution in [3.63, 3.8) is 0 Å². The zero-order valence-electron chi connectivity index (χ0n) is 38.2. The third-order valence-corrected chi connectivity index (χ3v) is 11.0. The molecule has 14 N–H and O–H groups in total. The van der Waals surface area contributed by atoms with E-state index < -0.39 is 108 Å². The van der Waals surface area contributed by atoms with Crippen molar-refractivity contribution in [2.45, 2.75) is 88.6 Å². The van der Waals surface area contributed by atoms with Crippen LogP contribution in [0.25, 0.3) is 0 Å². The molecule has 8 amide bonds. The third-order valence-electron chi connectivity index (χ3n) is 11.0. The number of hydrogen-bond donors (Lipinski definition) is 12. The van der Waals surface area contributed by atoms with E-state index in [2.05, 4.69) is 42.8 Å². The van der Waals surface area contributed by atoms with Crippen LogP contribution in [-0.4, -0.2) is 107 Å². The second-order valence-electron chi connectivity index (χ2n) is 16.3. The summed E-state index contributed by atoms with van der Waals surface area (Å²) in [6, 6.07) is 22.9. The molecule has 0 spiro atoms. The number of hydrogen-bond acceptors (Lipinski definition) is 12. The minimum Gasteiger partial charge on any atom is -0.508 e. The van der Waals surface area contributed by atoms with E-state index in [0.717, 1.165) is 0 Å². The number of benzene rings is 4. The van der Waals surface area contributed by atoms with E-state index in [1.165, 1.54) is 38.1 Å². The van der Waals surface area contributed by atoms with Crippen molar-refractivity contribution in [3.05, 3.63) is 131 Å². The molecule has 0 aromatic heterocycles. The van der Waals surface area contributed by atoms with Gasteiger partial charge in [-0.3, -0.25) is 49.2 Å². The first kappa shape index (κ1) is 52.8. The van der Waals surface area contributed by atoms with E-state index in [4.69, 9.17) is 11.5 Å². The largest absolute Gasteiger partial charge is 0.508 e. The molecule has 20 nitrogen and oxygen atoms in total. The van der Waals surface area contributed by atoms with E-state index in [9.17, 15) is 48.6 Å². The van der Waals surface area contributed by atoms with Gasteiger partial charge in [-0.15, -0.1) is 0 Å². The second kappa shape index (κ2) is 25.7. The van der Waals surface area contributed by atoms with Gasteiger partial charge in [-0.05, 0) is 73.2 Å². The van der Waals surface area contributed by atoms with E-state index in [0.29, 0.717) is 22.3 Å². The first-order valence-electron chi connectivity index (χ1n) is 21.8. The average molecular weight is 937 g/mol. The van der Waals surface area contributed by atoms with Gasteiger partial charge in [0.25, 0.3) is 11.8 Å². The number of carbonyl (C=O) groups is 8. The van der Waals surface area contributed by atoms with Gasteiger partial charge in [0, 0.05) is 11.8 Å². The Morgan fingerprint density at radius 3 is 1.09 bits per heavy atom. The third kappa shape index (κ3) is 16.5. The van der Waals surface area contributed by atoms with E-state index in [1.54, 1.807) is 98.8 Å². The normalized spacial score (nSPS) is 14.4. The van der Waals surface area contributed by atoms with Crippen molar-refractivity contribution in [3.8, 4) is 11.5 Å². The summed E-state index contributed by atoms with van der Waals surface area (Å²) in [4.78, 5) is 105. The number of phenols is 2. The van der Waals surface area contributed by atoms with Crippen LogP contribution in [0.5, 0.6) is 11.5 Å². The van der Waals surface area contributed by atoms with Gasteiger partial charge in [-0.2, -0.15) is 0 Å². The summed E-state index contributed by atoms with van der Waals surface area (Å²) in [6.07, 6.45) is 0.275. The predicted molar refractivity (Wildman–Crippen MR) is 251 cm³/mol. The maximum absolute atomic E-state index is 13.8. The fourth-order valence-electron chi connectivity index (χ4n) is 6.83. The number of amides is 8. The minimum atomic E-state index is -1.31. The minimum absolute atomic E-state index is 0.0564. The Kier molecular flexibility index (Phi) is 20.0. The topological polar surface area (TPSA) is 325 Å². The molecule has 20 heteroatoms. The Labute approximate surface area is 393 Å². The van der Waals surface area contributed by atoms with Crippen LogP contribution in [0.2, 0.25) is 0 Å². The first-order chi connectivity index (χ1) is 32.3. The molecule has 0 aliphatic carbocycles. The SMILES string of the molecule is C[C@@H](NC(=O)[C@@H](N)Cc1ccc(O)cc1)C(=O)NCC(=O)N[C@H](C(=O)NNC(=O)[C@@H](NC(=O)CNC(=O)[C@@H](C)NC(=O)[C@@H](N)Cc1ccc(O)cc1)[C@@H](C)c1ccccc1)[C@@H](C)c1ccccc1. The lowest BCUT2D eigenvalue weighted by molar-refractivity contribution is -0.135. The zero-order valence-corrected chi connectivity index (χ0v) is 38.2. The molecule has 8 atom stereocenters. The Morgan fingerprint density at radius 1 is 0.441 bits per heavy atom.